The van der Waals surface area contributed by atoms with Crippen molar-refractivity contribution in [1.29, 1.82) is 0 Å². The second-order valence-electron chi connectivity index (χ2n) is 7.35. The highest BCUT2D eigenvalue weighted by atomic mass is 16.5. The summed E-state index contributed by atoms with van der Waals surface area (Å²) < 4.78 is 10.7. The summed E-state index contributed by atoms with van der Waals surface area (Å²) in [6, 6.07) is 8.07. The molecule has 7 heteroatoms. The number of carbonyl (C=O) groups is 1. The van der Waals surface area contributed by atoms with Crippen LogP contribution in [0.4, 0.5) is 0 Å². The molecule has 0 atom stereocenters. The van der Waals surface area contributed by atoms with Crippen LogP contribution in [0.1, 0.15) is 40.7 Å². The van der Waals surface area contributed by atoms with Gasteiger partial charge in [0.2, 0.25) is 0 Å². The third-order valence-corrected chi connectivity index (χ3v) is 5.81. The van der Waals surface area contributed by atoms with E-state index in [4.69, 9.17) is 8.94 Å². The Morgan fingerprint density at radius 3 is 2.85 bits per heavy atom. The van der Waals surface area contributed by atoms with Gasteiger partial charge in [-0.25, -0.2) is 4.98 Å². The van der Waals surface area contributed by atoms with Crippen molar-refractivity contribution in [2.75, 3.05) is 32.7 Å². The Bertz CT molecular complexity index is 955. The number of oxazole rings is 1. The number of fused-ring (bicyclic) bond motifs is 2. The average molecular weight is 366 g/mol. The summed E-state index contributed by atoms with van der Waals surface area (Å²) in [7, 11) is 0. The number of likely N-dealkylation sites (tertiary alicyclic amines) is 1. The molecule has 0 N–H and O–H groups in total. The maximum atomic E-state index is 12.4. The zero-order chi connectivity index (χ0) is 18.2. The highest BCUT2D eigenvalue weighted by Crippen LogP contribution is 2.32. The fourth-order valence-electron chi connectivity index (χ4n) is 4.22. The third-order valence-electron chi connectivity index (χ3n) is 5.81. The molecule has 2 aromatic heterocycles. The average Bonchev–Trinajstić information content (AvgIpc) is 3.35. The number of hydrogen-bond acceptors (Lipinski definition) is 6. The van der Waals surface area contributed by atoms with Gasteiger partial charge in [-0.05, 0) is 38.1 Å². The van der Waals surface area contributed by atoms with Gasteiger partial charge in [-0.1, -0.05) is 17.3 Å². The second-order valence-corrected chi connectivity index (χ2v) is 7.35. The lowest BCUT2D eigenvalue weighted by atomic mass is 9.91. The molecule has 27 heavy (non-hydrogen) atoms. The van der Waals surface area contributed by atoms with E-state index < -0.39 is 0 Å². The van der Waals surface area contributed by atoms with E-state index in [0.717, 1.165) is 67.9 Å². The van der Waals surface area contributed by atoms with Gasteiger partial charge in [0.25, 0.3) is 5.91 Å². The summed E-state index contributed by atoms with van der Waals surface area (Å²) in [5.41, 5.74) is 2.44. The molecule has 4 heterocycles. The predicted molar refractivity (Wildman–Crippen MR) is 98.5 cm³/mol. The van der Waals surface area contributed by atoms with Gasteiger partial charge in [0.15, 0.2) is 17.7 Å². The molecule has 1 saturated heterocycles. The molecule has 1 aromatic carbocycles. The van der Waals surface area contributed by atoms with E-state index in [9.17, 15) is 4.79 Å². The molecule has 140 valence electrons. The fourth-order valence-corrected chi connectivity index (χ4v) is 4.22. The lowest BCUT2D eigenvalue weighted by Crippen LogP contribution is -2.44. The number of amides is 1. The number of aromatic nitrogens is 2. The molecule has 0 unspecified atom stereocenters. The van der Waals surface area contributed by atoms with Crippen molar-refractivity contribution in [1.82, 2.24) is 19.9 Å². The SMILES string of the molecule is O=C1c2ncoc2CCN1CCN1CCC(c2noc3ccccc23)CC1. The number of para-hydroxylation sites is 1. The summed E-state index contributed by atoms with van der Waals surface area (Å²) in [6.45, 7) is 4.38. The second kappa shape index (κ2) is 6.81. The lowest BCUT2D eigenvalue weighted by Gasteiger charge is -2.33. The molecule has 1 amide bonds. The molecule has 0 aliphatic carbocycles. The summed E-state index contributed by atoms with van der Waals surface area (Å²) in [4.78, 5) is 20.8. The maximum absolute atomic E-state index is 12.4. The number of carbonyl (C=O) groups excluding carboxylic acids is 1. The van der Waals surface area contributed by atoms with Crippen molar-refractivity contribution in [3.05, 3.63) is 47.8 Å². The van der Waals surface area contributed by atoms with E-state index >= 15 is 0 Å². The summed E-state index contributed by atoms with van der Waals surface area (Å²) in [5, 5.41) is 5.46. The van der Waals surface area contributed by atoms with Gasteiger partial charge in [0, 0.05) is 37.4 Å². The molecule has 2 aliphatic rings. The Balaban J connectivity index is 1.17. The number of nitrogens with zero attached hydrogens (tertiary/aromatic N) is 4. The van der Waals surface area contributed by atoms with Crippen LogP contribution in [-0.2, 0) is 6.42 Å². The number of benzene rings is 1. The minimum atomic E-state index is -0.00560. The maximum Gasteiger partial charge on any atom is 0.276 e. The van der Waals surface area contributed by atoms with Crippen LogP contribution >= 0.6 is 0 Å². The highest BCUT2D eigenvalue weighted by molar-refractivity contribution is 5.94. The number of rotatable bonds is 4. The van der Waals surface area contributed by atoms with E-state index in [1.165, 1.54) is 6.39 Å². The van der Waals surface area contributed by atoms with Crippen LogP contribution in [0.15, 0.2) is 39.6 Å². The molecular formula is C20H22N4O3. The topological polar surface area (TPSA) is 75.6 Å². The van der Waals surface area contributed by atoms with Gasteiger partial charge in [-0.3, -0.25) is 4.79 Å². The Hall–Kier alpha value is -2.67. The molecule has 3 aromatic rings. The Kier molecular flexibility index (Phi) is 4.16. The zero-order valence-corrected chi connectivity index (χ0v) is 15.1. The van der Waals surface area contributed by atoms with E-state index in [0.29, 0.717) is 18.2 Å². The first-order valence-electron chi connectivity index (χ1n) is 9.58. The van der Waals surface area contributed by atoms with Crippen molar-refractivity contribution < 1.29 is 13.7 Å². The lowest BCUT2D eigenvalue weighted by molar-refractivity contribution is 0.0698. The van der Waals surface area contributed by atoms with Crippen LogP contribution in [0.3, 0.4) is 0 Å². The van der Waals surface area contributed by atoms with Crippen LogP contribution in [0, 0.1) is 0 Å². The molecule has 0 bridgehead atoms. The molecule has 1 fully saturated rings. The highest BCUT2D eigenvalue weighted by Gasteiger charge is 2.29. The third kappa shape index (κ3) is 3.02. The largest absolute Gasteiger partial charge is 0.448 e. The van der Waals surface area contributed by atoms with Crippen LogP contribution < -0.4 is 0 Å². The van der Waals surface area contributed by atoms with Crippen LogP contribution in [-0.4, -0.2) is 58.6 Å². The minimum absolute atomic E-state index is 0.00560. The van der Waals surface area contributed by atoms with Crippen molar-refractivity contribution in [2.24, 2.45) is 0 Å². The standard InChI is InChI=1S/C20H22N4O3/c25-20-19-17(26-13-21-19)7-10-24(20)12-11-23-8-5-14(6-9-23)18-15-3-1-2-4-16(15)27-22-18/h1-4,13-14H,5-12H2. The predicted octanol–water partition coefficient (Wildman–Crippen LogP) is 2.69. The van der Waals surface area contributed by atoms with E-state index in [1.807, 2.05) is 23.1 Å². The Labute approximate surface area is 156 Å². The van der Waals surface area contributed by atoms with E-state index in [-0.39, 0.29) is 5.91 Å². The summed E-state index contributed by atoms with van der Waals surface area (Å²) in [5.74, 6) is 1.16. The molecule has 0 saturated carbocycles. The Morgan fingerprint density at radius 1 is 1.11 bits per heavy atom. The van der Waals surface area contributed by atoms with Crippen molar-refractivity contribution in [2.45, 2.75) is 25.2 Å². The first-order valence-corrected chi connectivity index (χ1v) is 9.58. The fraction of sp³-hybridized carbons (Fsp3) is 0.450. The molecular weight excluding hydrogens is 344 g/mol. The minimum Gasteiger partial charge on any atom is -0.448 e. The monoisotopic (exact) mass is 366 g/mol. The van der Waals surface area contributed by atoms with Gasteiger partial charge in [-0.2, -0.15) is 0 Å². The Morgan fingerprint density at radius 2 is 1.96 bits per heavy atom. The number of hydrogen-bond donors (Lipinski definition) is 0. The van der Waals surface area contributed by atoms with Gasteiger partial charge in [0.1, 0.15) is 5.76 Å². The van der Waals surface area contributed by atoms with Crippen molar-refractivity contribution >= 4 is 16.9 Å². The summed E-state index contributed by atoms with van der Waals surface area (Å²) >= 11 is 0. The summed E-state index contributed by atoms with van der Waals surface area (Å²) in [6.07, 6.45) is 4.25. The molecule has 0 radical (unpaired) electrons. The quantitative estimate of drug-likeness (QED) is 0.707. The molecule has 2 aliphatic heterocycles. The van der Waals surface area contributed by atoms with E-state index in [1.54, 1.807) is 0 Å². The van der Waals surface area contributed by atoms with Crippen LogP contribution in [0.2, 0.25) is 0 Å². The van der Waals surface area contributed by atoms with Gasteiger partial charge >= 0.3 is 0 Å². The van der Waals surface area contributed by atoms with Gasteiger partial charge < -0.3 is 18.7 Å². The van der Waals surface area contributed by atoms with Gasteiger partial charge in [-0.15, -0.1) is 0 Å². The zero-order valence-electron chi connectivity index (χ0n) is 15.1. The first kappa shape index (κ1) is 16.5. The molecule has 0 spiro atoms. The number of piperidine rings is 1. The normalized spacial score (nSPS) is 19.0. The van der Waals surface area contributed by atoms with Crippen molar-refractivity contribution in [3.63, 3.8) is 0 Å². The van der Waals surface area contributed by atoms with Crippen LogP contribution in [0.5, 0.6) is 0 Å². The molecule has 7 nitrogen and oxygen atoms in total. The van der Waals surface area contributed by atoms with E-state index in [2.05, 4.69) is 21.1 Å². The van der Waals surface area contributed by atoms with Gasteiger partial charge in [0.05, 0.1) is 5.69 Å². The smallest absolute Gasteiger partial charge is 0.276 e. The van der Waals surface area contributed by atoms with Crippen LogP contribution in [0.25, 0.3) is 11.0 Å². The van der Waals surface area contributed by atoms with Crippen molar-refractivity contribution in [3.8, 4) is 0 Å². The molecule has 5 rings (SSSR count). The first-order chi connectivity index (χ1) is 13.3.